The standard InChI is InChI=1S/C12H19N3O5S/c1-8-3-2-4-12(18,5-8)7-14-21(19,20)10-9(11(16)17)6-13-15-10/h6,8,14,18H,2-5,7H2,1H3,(H,13,15)(H,16,17). The zero-order chi connectivity index (χ0) is 15.7. The molecule has 9 heteroatoms. The number of aliphatic hydroxyl groups is 1. The van der Waals surface area contributed by atoms with E-state index in [0.29, 0.717) is 18.8 Å². The molecular formula is C12H19N3O5S. The molecule has 1 aliphatic carbocycles. The van der Waals surface area contributed by atoms with Crippen LogP contribution in [0.25, 0.3) is 0 Å². The van der Waals surface area contributed by atoms with Crippen LogP contribution in [-0.2, 0) is 10.0 Å². The normalized spacial score (nSPS) is 26.7. The van der Waals surface area contributed by atoms with Crippen LogP contribution in [0.15, 0.2) is 11.2 Å². The summed E-state index contributed by atoms with van der Waals surface area (Å²) in [6.45, 7) is 1.87. The number of nitrogens with one attached hydrogen (secondary N) is 2. The van der Waals surface area contributed by atoms with Gasteiger partial charge in [0.25, 0.3) is 10.0 Å². The second kappa shape index (κ2) is 5.74. The van der Waals surface area contributed by atoms with Gasteiger partial charge in [0.2, 0.25) is 0 Å². The van der Waals surface area contributed by atoms with Crippen molar-refractivity contribution in [3.05, 3.63) is 11.8 Å². The van der Waals surface area contributed by atoms with Crippen molar-refractivity contribution >= 4 is 16.0 Å². The molecule has 1 aromatic rings. The molecule has 2 rings (SSSR count). The first-order chi connectivity index (χ1) is 9.73. The summed E-state index contributed by atoms with van der Waals surface area (Å²) in [6.07, 6.45) is 3.83. The fourth-order valence-corrected chi connectivity index (χ4v) is 3.93. The smallest absolute Gasteiger partial charge is 0.340 e. The number of carboxylic acids is 1. The van der Waals surface area contributed by atoms with E-state index in [1.165, 1.54) is 0 Å². The van der Waals surface area contributed by atoms with E-state index < -0.39 is 32.2 Å². The third-order valence-electron chi connectivity index (χ3n) is 3.76. The Balaban J connectivity index is 2.11. The van der Waals surface area contributed by atoms with Gasteiger partial charge in [-0.25, -0.2) is 17.9 Å². The molecule has 4 N–H and O–H groups in total. The first kappa shape index (κ1) is 15.9. The molecule has 8 nitrogen and oxygen atoms in total. The molecule has 0 aliphatic heterocycles. The average Bonchev–Trinajstić information content (AvgIpc) is 2.86. The van der Waals surface area contributed by atoms with Crippen molar-refractivity contribution in [2.45, 2.75) is 43.2 Å². The number of aromatic amines is 1. The number of aromatic carboxylic acids is 1. The van der Waals surface area contributed by atoms with Crippen LogP contribution in [0.1, 0.15) is 43.0 Å². The Hall–Kier alpha value is -1.45. The Morgan fingerprint density at radius 3 is 2.95 bits per heavy atom. The highest BCUT2D eigenvalue weighted by atomic mass is 32.2. The highest BCUT2D eigenvalue weighted by Gasteiger charge is 2.35. The minimum Gasteiger partial charge on any atom is -0.478 e. The summed E-state index contributed by atoms with van der Waals surface area (Å²) in [7, 11) is -4.06. The number of hydrogen-bond donors (Lipinski definition) is 4. The summed E-state index contributed by atoms with van der Waals surface area (Å²) in [4.78, 5) is 10.9. The number of carboxylic acid groups (broad SMARTS) is 1. The second-order valence-corrected chi connectivity index (χ2v) is 7.37. The summed E-state index contributed by atoms with van der Waals surface area (Å²) in [5.41, 5.74) is -1.51. The van der Waals surface area contributed by atoms with Gasteiger partial charge < -0.3 is 10.2 Å². The van der Waals surface area contributed by atoms with Crippen molar-refractivity contribution < 1.29 is 23.4 Å². The molecule has 1 heterocycles. The van der Waals surface area contributed by atoms with Crippen molar-refractivity contribution in [1.82, 2.24) is 14.9 Å². The lowest BCUT2D eigenvalue weighted by molar-refractivity contribution is -0.00752. The maximum absolute atomic E-state index is 12.1. The summed E-state index contributed by atoms with van der Waals surface area (Å²) in [6, 6.07) is 0. The lowest BCUT2D eigenvalue weighted by Crippen LogP contribution is -2.46. The highest BCUT2D eigenvalue weighted by molar-refractivity contribution is 7.89. The number of sulfonamides is 1. The Morgan fingerprint density at radius 1 is 1.62 bits per heavy atom. The molecule has 2 atom stereocenters. The van der Waals surface area contributed by atoms with Gasteiger partial charge in [-0.2, -0.15) is 5.10 Å². The molecular weight excluding hydrogens is 298 g/mol. The van der Waals surface area contributed by atoms with Gasteiger partial charge in [0.05, 0.1) is 11.8 Å². The van der Waals surface area contributed by atoms with Crippen LogP contribution in [-0.4, -0.2) is 46.9 Å². The second-order valence-electron chi connectivity index (χ2n) is 5.67. The highest BCUT2D eigenvalue weighted by Crippen LogP contribution is 2.31. The topological polar surface area (TPSA) is 132 Å². The van der Waals surface area contributed by atoms with Gasteiger partial charge in [-0.3, -0.25) is 5.10 Å². The third kappa shape index (κ3) is 3.60. The van der Waals surface area contributed by atoms with E-state index in [-0.39, 0.29) is 6.54 Å². The Bertz CT molecular complexity index is 627. The number of aromatic nitrogens is 2. The van der Waals surface area contributed by atoms with E-state index >= 15 is 0 Å². The van der Waals surface area contributed by atoms with Crippen LogP contribution in [0.4, 0.5) is 0 Å². The SMILES string of the molecule is CC1CCCC(O)(CNS(=O)(=O)c2[nH]ncc2C(=O)O)C1. The van der Waals surface area contributed by atoms with E-state index in [9.17, 15) is 18.3 Å². The lowest BCUT2D eigenvalue weighted by Gasteiger charge is -2.35. The van der Waals surface area contributed by atoms with Crippen LogP contribution >= 0.6 is 0 Å². The van der Waals surface area contributed by atoms with Crippen LogP contribution in [0.5, 0.6) is 0 Å². The molecule has 1 aliphatic rings. The minimum atomic E-state index is -4.06. The van der Waals surface area contributed by atoms with E-state index in [1.54, 1.807) is 0 Å². The molecule has 1 saturated carbocycles. The summed E-state index contributed by atoms with van der Waals surface area (Å²) < 4.78 is 26.5. The Kier molecular flexibility index (Phi) is 4.35. The molecule has 0 radical (unpaired) electrons. The largest absolute Gasteiger partial charge is 0.478 e. The molecule has 2 unspecified atom stereocenters. The number of rotatable bonds is 5. The Labute approximate surface area is 122 Å². The van der Waals surface area contributed by atoms with Crippen LogP contribution in [0, 0.1) is 5.92 Å². The minimum absolute atomic E-state index is 0.141. The fourth-order valence-electron chi connectivity index (χ4n) is 2.73. The van der Waals surface area contributed by atoms with Crippen molar-refractivity contribution in [2.24, 2.45) is 5.92 Å². The zero-order valence-corrected chi connectivity index (χ0v) is 12.5. The van der Waals surface area contributed by atoms with Gasteiger partial charge >= 0.3 is 5.97 Å². The molecule has 0 saturated heterocycles. The number of carbonyl (C=O) groups is 1. The van der Waals surface area contributed by atoms with E-state index in [4.69, 9.17) is 5.11 Å². The third-order valence-corrected chi connectivity index (χ3v) is 5.14. The first-order valence-electron chi connectivity index (χ1n) is 6.72. The lowest BCUT2D eigenvalue weighted by atomic mass is 9.79. The predicted molar refractivity (Wildman–Crippen MR) is 73.3 cm³/mol. The van der Waals surface area contributed by atoms with Crippen molar-refractivity contribution in [1.29, 1.82) is 0 Å². The molecule has 0 amide bonds. The average molecular weight is 317 g/mol. The maximum atomic E-state index is 12.1. The molecule has 118 valence electrons. The van der Waals surface area contributed by atoms with Gasteiger partial charge in [-0.05, 0) is 18.8 Å². The van der Waals surface area contributed by atoms with Crippen molar-refractivity contribution in [2.75, 3.05) is 6.54 Å². The molecule has 1 aromatic heterocycles. The number of H-pyrrole nitrogens is 1. The first-order valence-corrected chi connectivity index (χ1v) is 8.20. The van der Waals surface area contributed by atoms with Gasteiger partial charge in [0.15, 0.2) is 5.03 Å². The van der Waals surface area contributed by atoms with Crippen molar-refractivity contribution in [3.63, 3.8) is 0 Å². The number of nitrogens with zero attached hydrogens (tertiary/aromatic N) is 1. The van der Waals surface area contributed by atoms with Crippen molar-refractivity contribution in [3.8, 4) is 0 Å². The monoisotopic (exact) mass is 317 g/mol. The van der Waals surface area contributed by atoms with Crippen LogP contribution in [0.3, 0.4) is 0 Å². The summed E-state index contributed by atoms with van der Waals surface area (Å²) in [5.74, 6) is -1.05. The Morgan fingerprint density at radius 2 is 2.33 bits per heavy atom. The van der Waals surface area contributed by atoms with E-state index in [2.05, 4.69) is 14.9 Å². The van der Waals surface area contributed by atoms with Crippen LogP contribution < -0.4 is 4.72 Å². The quantitative estimate of drug-likeness (QED) is 0.618. The zero-order valence-electron chi connectivity index (χ0n) is 11.7. The van der Waals surface area contributed by atoms with Gasteiger partial charge in [-0.15, -0.1) is 0 Å². The fraction of sp³-hybridized carbons (Fsp3) is 0.667. The maximum Gasteiger partial charge on any atom is 0.340 e. The predicted octanol–water partition coefficient (Wildman–Crippen LogP) is 0.327. The molecule has 0 aromatic carbocycles. The molecule has 21 heavy (non-hydrogen) atoms. The molecule has 1 fully saturated rings. The van der Waals surface area contributed by atoms with Gasteiger partial charge in [-0.1, -0.05) is 19.8 Å². The number of hydrogen-bond acceptors (Lipinski definition) is 5. The van der Waals surface area contributed by atoms with E-state index in [1.807, 2.05) is 6.92 Å². The molecule has 0 spiro atoms. The van der Waals surface area contributed by atoms with E-state index in [0.717, 1.165) is 19.0 Å². The van der Waals surface area contributed by atoms with Crippen LogP contribution in [0.2, 0.25) is 0 Å². The van der Waals surface area contributed by atoms with Gasteiger partial charge in [0, 0.05) is 6.54 Å². The summed E-state index contributed by atoms with van der Waals surface area (Å²) >= 11 is 0. The summed E-state index contributed by atoms with van der Waals surface area (Å²) in [5, 5.41) is 24.5. The van der Waals surface area contributed by atoms with Gasteiger partial charge in [0.1, 0.15) is 5.56 Å². The molecule has 0 bridgehead atoms.